The fraction of sp³-hybridized carbons (Fsp3) is 0.278. The summed E-state index contributed by atoms with van der Waals surface area (Å²) in [6, 6.07) is 19.9. The normalized spacial score (nSPS) is 27.0. The molecule has 0 N–H and O–H groups in total. The molecule has 3 unspecified atom stereocenters. The monoisotopic (exact) mass is 279 g/mol. The zero-order valence-electron chi connectivity index (χ0n) is 11.7. The van der Waals surface area contributed by atoms with Crippen LogP contribution in [0, 0.1) is 0 Å². The van der Waals surface area contributed by atoms with Gasteiger partial charge in [0, 0.05) is 12.1 Å². The van der Waals surface area contributed by atoms with Crippen LogP contribution in [-0.4, -0.2) is 29.5 Å². The molecule has 21 heavy (non-hydrogen) atoms. The number of hydrogen-bond donors (Lipinski definition) is 0. The minimum absolute atomic E-state index is 0.0117. The standard InChI is InChI=1S/C18H17NO2/c20-18(14-9-5-2-6-10-14)19-12-15-11-16(19)17(21-15)13-7-3-1-4-8-13/h1-10,15-17H,11-12H2. The Hall–Kier alpha value is -2.13. The molecule has 2 aliphatic heterocycles. The number of hydrogen-bond acceptors (Lipinski definition) is 2. The van der Waals surface area contributed by atoms with E-state index in [1.54, 1.807) is 0 Å². The highest BCUT2D eigenvalue weighted by molar-refractivity contribution is 5.94. The molecule has 1 amide bonds. The molecule has 0 spiro atoms. The molecule has 0 radical (unpaired) electrons. The van der Waals surface area contributed by atoms with E-state index in [2.05, 4.69) is 12.1 Å². The van der Waals surface area contributed by atoms with Crippen LogP contribution in [0.25, 0.3) is 0 Å². The van der Waals surface area contributed by atoms with Crippen LogP contribution in [0.3, 0.4) is 0 Å². The highest BCUT2D eigenvalue weighted by atomic mass is 16.5. The molecular weight excluding hydrogens is 262 g/mol. The van der Waals surface area contributed by atoms with Gasteiger partial charge in [-0.05, 0) is 24.1 Å². The fourth-order valence-electron chi connectivity index (χ4n) is 3.43. The number of benzene rings is 2. The van der Waals surface area contributed by atoms with Gasteiger partial charge in [-0.3, -0.25) is 4.79 Å². The molecule has 2 aliphatic rings. The molecule has 4 rings (SSSR count). The van der Waals surface area contributed by atoms with Gasteiger partial charge >= 0.3 is 0 Å². The topological polar surface area (TPSA) is 29.5 Å². The molecule has 2 bridgehead atoms. The van der Waals surface area contributed by atoms with Crippen LogP contribution in [0.4, 0.5) is 0 Å². The fourth-order valence-corrected chi connectivity index (χ4v) is 3.43. The highest BCUT2D eigenvalue weighted by Gasteiger charge is 2.48. The van der Waals surface area contributed by atoms with E-state index in [9.17, 15) is 4.79 Å². The van der Waals surface area contributed by atoms with E-state index < -0.39 is 0 Å². The summed E-state index contributed by atoms with van der Waals surface area (Å²) in [6.45, 7) is 0.710. The van der Waals surface area contributed by atoms with E-state index in [4.69, 9.17) is 4.74 Å². The second-order valence-corrected chi connectivity index (χ2v) is 5.72. The van der Waals surface area contributed by atoms with Crippen molar-refractivity contribution in [2.75, 3.05) is 6.54 Å². The first-order chi connectivity index (χ1) is 10.3. The number of fused-ring (bicyclic) bond motifs is 2. The molecule has 3 nitrogen and oxygen atoms in total. The van der Waals surface area contributed by atoms with Crippen molar-refractivity contribution in [2.45, 2.75) is 24.7 Å². The van der Waals surface area contributed by atoms with E-state index in [0.29, 0.717) is 6.54 Å². The number of likely N-dealkylation sites (tertiary alicyclic amines) is 1. The third-order valence-corrected chi connectivity index (χ3v) is 4.40. The van der Waals surface area contributed by atoms with Crippen molar-refractivity contribution in [1.82, 2.24) is 4.90 Å². The quantitative estimate of drug-likeness (QED) is 0.845. The number of ether oxygens (including phenoxy) is 1. The molecule has 2 aromatic rings. The summed E-state index contributed by atoms with van der Waals surface area (Å²) in [6.07, 6.45) is 1.13. The lowest BCUT2D eigenvalue weighted by molar-refractivity contribution is -0.0280. The zero-order valence-corrected chi connectivity index (χ0v) is 11.7. The molecule has 2 heterocycles. The molecule has 0 aliphatic carbocycles. The van der Waals surface area contributed by atoms with Crippen molar-refractivity contribution in [3.63, 3.8) is 0 Å². The Balaban J connectivity index is 1.60. The van der Waals surface area contributed by atoms with Gasteiger partial charge in [-0.25, -0.2) is 0 Å². The summed E-state index contributed by atoms with van der Waals surface area (Å²) in [5, 5.41) is 0. The Morgan fingerprint density at radius 2 is 1.67 bits per heavy atom. The van der Waals surface area contributed by atoms with Crippen LogP contribution in [-0.2, 0) is 4.74 Å². The molecule has 0 aromatic heterocycles. The zero-order chi connectivity index (χ0) is 14.2. The molecule has 2 aromatic carbocycles. The lowest BCUT2D eigenvalue weighted by atomic mass is 10.0. The van der Waals surface area contributed by atoms with Crippen molar-refractivity contribution < 1.29 is 9.53 Å². The summed E-state index contributed by atoms with van der Waals surface area (Å²) >= 11 is 0. The Bertz CT molecular complexity index is 641. The van der Waals surface area contributed by atoms with Crippen LogP contribution in [0.2, 0.25) is 0 Å². The van der Waals surface area contributed by atoms with Gasteiger partial charge in [0.25, 0.3) is 5.91 Å². The Kier molecular flexibility index (Phi) is 3.00. The highest BCUT2D eigenvalue weighted by Crippen LogP contribution is 2.42. The predicted molar refractivity (Wildman–Crippen MR) is 79.9 cm³/mol. The number of amides is 1. The van der Waals surface area contributed by atoms with Gasteiger partial charge in [-0.2, -0.15) is 0 Å². The van der Waals surface area contributed by atoms with Crippen LogP contribution < -0.4 is 0 Å². The Labute approximate surface area is 124 Å². The second-order valence-electron chi connectivity index (χ2n) is 5.72. The van der Waals surface area contributed by atoms with Gasteiger partial charge < -0.3 is 9.64 Å². The van der Waals surface area contributed by atoms with E-state index in [1.807, 2.05) is 53.4 Å². The van der Waals surface area contributed by atoms with Crippen LogP contribution >= 0.6 is 0 Å². The average Bonchev–Trinajstić information content (AvgIpc) is 3.16. The molecule has 0 saturated carbocycles. The number of carbonyl (C=O) groups is 1. The van der Waals surface area contributed by atoms with E-state index >= 15 is 0 Å². The van der Waals surface area contributed by atoms with Crippen molar-refractivity contribution in [1.29, 1.82) is 0 Å². The minimum Gasteiger partial charge on any atom is -0.366 e. The van der Waals surface area contributed by atoms with Crippen molar-refractivity contribution in [3.8, 4) is 0 Å². The molecule has 2 saturated heterocycles. The summed E-state index contributed by atoms with van der Waals surface area (Å²) in [5.41, 5.74) is 1.92. The van der Waals surface area contributed by atoms with Crippen LogP contribution in [0.5, 0.6) is 0 Å². The van der Waals surface area contributed by atoms with E-state index in [1.165, 1.54) is 0 Å². The second kappa shape index (κ2) is 5.01. The van der Waals surface area contributed by atoms with Crippen molar-refractivity contribution in [2.24, 2.45) is 0 Å². The molecule has 3 heteroatoms. The van der Waals surface area contributed by atoms with E-state index in [0.717, 1.165) is 17.5 Å². The van der Waals surface area contributed by atoms with Crippen LogP contribution in [0.15, 0.2) is 60.7 Å². The van der Waals surface area contributed by atoms with Gasteiger partial charge in [0.1, 0.15) is 6.10 Å². The Morgan fingerprint density at radius 3 is 2.33 bits per heavy atom. The van der Waals surface area contributed by atoms with Crippen LogP contribution in [0.1, 0.15) is 28.4 Å². The SMILES string of the molecule is O=C(c1ccccc1)N1CC2CC1C(c1ccccc1)O2. The maximum Gasteiger partial charge on any atom is 0.254 e. The maximum absolute atomic E-state index is 12.7. The minimum atomic E-state index is 0.0117. The predicted octanol–water partition coefficient (Wildman–Crippen LogP) is 3.04. The first-order valence-electron chi connectivity index (χ1n) is 7.39. The largest absolute Gasteiger partial charge is 0.366 e. The third kappa shape index (κ3) is 2.14. The first-order valence-corrected chi connectivity index (χ1v) is 7.39. The smallest absolute Gasteiger partial charge is 0.254 e. The summed E-state index contributed by atoms with van der Waals surface area (Å²) in [5.74, 6) is 0.118. The van der Waals surface area contributed by atoms with Gasteiger partial charge in [0.2, 0.25) is 0 Å². The number of nitrogens with zero attached hydrogens (tertiary/aromatic N) is 1. The maximum atomic E-state index is 12.7. The van der Waals surface area contributed by atoms with Gasteiger partial charge in [0.05, 0.1) is 12.1 Å². The third-order valence-electron chi connectivity index (χ3n) is 4.40. The summed E-state index contributed by atoms with van der Waals surface area (Å²) in [4.78, 5) is 14.7. The van der Waals surface area contributed by atoms with Crippen molar-refractivity contribution >= 4 is 5.91 Å². The Morgan fingerprint density at radius 1 is 1.00 bits per heavy atom. The van der Waals surface area contributed by atoms with Crippen molar-refractivity contribution in [3.05, 3.63) is 71.8 Å². The number of rotatable bonds is 2. The average molecular weight is 279 g/mol. The molecule has 3 atom stereocenters. The molecule has 2 fully saturated rings. The lowest BCUT2D eigenvalue weighted by Crippen LogP contribution is -2.43. The number of carbonyl (C=O) groups excluding carboxylic acids is 1. The van der Waals surface area contributed by atoms with Gasteiger partial charge in [-0.1, -0.05) is 48.5 Å². The first kappa shape index (κ1) is 12.6. The number of morpholine rings is 1. The summed E-state index contributed by atoms with van der Waals surface area (Å²) < 4.78 is 6.07. The lowest BCUT2D eigenvalue weighted by Gasteiger charge is -2.33. The van der Waals surface area contributed by atoms with E-state index in [-0.39, 0.29) is 24.2 Å². The van der Waals surface area contributed by atoms with Gasteiger partial charge in [0.15, 0.2) is 0 Å². The molecule has 106 valence electrons. The summed E-state index contributed by atoms with van der Waals surface area (Å²) in [7, 11) is 0. The molecular formula is C18H17NO2. The van der Waals surface area contributed by atoms with Gasteiger partial charge in [-0.15, -0.1) is 0 Å².